The van der Waals surface area contributed by atoms with Gasteiger partial charge in [0.15, 0.2) is 5.75 Å². The molecule has 1 aromatic carbocycles. The van der Waals surface area contributed by atoms with Crippen LogP contribution in [0.5, 0.6) is 11.5 Å². The number of para-hydroxylation sites is 1. The summed E-state index contributed by atoms with van der Waals surface area (Å²) in [5.74, 6) is 0.731. The number of carbonyl (C=O) groups is 1. The molecule has 0 bridgehead atoms. The third kappa shape index (κ3) is 5.24. The lowest BCUT2D eigenvalue weighted by atomic mass is 9.94. The fourth-order valence-corrected chi connectivity index (χ4v) is 5.02. The van der Waals surface area contributed by atoms with Crippen LogP contribution in [0.4, 0.5) is 11.4 Å². The van der Waals surface area contributed by atoms with Crippen LogP contribution in [0.2, 0.25) is 5.02 Å². The number of aliphatic hydroxyl groups is 1. The average molecular weight is 528 g/mol. The number of amides is 1. The maximum absolute atomic E-state index is 13.2. The van der Waals surface area contributed by atoms with Gasteiger partial charge in [-0.15, -0.1) is 0 Å². The van der Waals surface area contributed by atoms with E-state index in [4.69, 9.17) is 25.8 Å². The molecule has 11 heteroatoms. The Balaban J connectivity index is 1.60. The van der Waals surface area contributed by atoms with E-state index in [9.17, 15) is 9.90 Å². The van der Waals surface area contributed by atoms with Gasteiger partial charge in [-0.2, -0.15) is 0 Å². The molecule has 1 fully saturated rings. The molecule has 1 amide bonds. The highest BCUT2D eigenvalue weighted by atomic mass is 35.5. The number of nitrogens with one attached hydrogen (secondary N) is 4. The summed E-state index contributed by atoms with van der Waals surface area (Å²) >= 11 is 6.38. The molecule has 3 aromatic rings. The molecule has 2 atom stereocenters. The Hall–Kier alpha value is -3.31. The predicted octanol–water partition coefficient (Wildman–Crippen LogP) is 3.06. The maximum atomic E-state index is 13.2. The van der Waals surface area contributed by atoms with Crippen molar-refractivity contribution < 1.29 is 24.1 Å². The van der Waals surface area contributed by atoms with E-state index in [0.717, 1.165) is 17.8 Å². The first-order valence-electron chi connectivity index (χ1n) is 12.2. The van der Waals surface area contributed by atoms with Gasteiger partial charge in [-0.3, -0.25) is 9.78 Å². The lowest BCUT2D eigenvalue weighted by Gasteiger charge is -2.24. The molecule has 4 heterocycles. The summed E-state index contributed by atoms with van der Waals surface area (Å²) < 4.78 is 17.3. The molecule has 10 nitrogen and oxygen atoms in total. The van der Waals surface area contributed by atoms with Crippen molar-refractivity contribution in [1.29, 1.82) is 0 Å². The molecule has 2 aliphatic rings. The monoisotopic (exact) mass is 527 g/mol. The highest BCUT2D eigenvalue weighted by molar-refractivity contribution is 6.32. The third-order valence-corrected chi connectivity index (χ3v) is 6.87. The number of rotatable bonds is 9. The van der Waals surface area contributed by atoms with Crippen molar-refractivity contribution >= 4 is 28.9 Å². The van der Waals surface area contributed by atoms with Gasteiger partial charge in [0.1, 0.15) is 12.4 Å². The second kappa shape index (κ2) is 11.4. The van der Waals surface area contributed by atoms with Crippen LogP contribution in [0.1, 0.15) is 28.4 Å². The molecule has 0 saturated carbocycles. The van der Waals surface area contributed by atoms with Crippen molar-refractivity contribution in [2.24, 2.45) is 0 Å². The standard InChI is InChI=1S/C26H30ClN5O5/c1-35-25-18(27)3-2-4-19(25)31-24-21-22(15(6-9-33)11-30-26(21)34)32-23(24)17-5-7-28-12-20(17)37-14-16-13-36-10-8-29-16/h2-5,7,12,15-16,29,31-33H,6,8-11,13-14H2,1H3,(H,30,34)/t15?,16-/m0/s1. The van der Waals surface area contributed by atoms with Gasteiger partial charge < -0.3 is 40.3 Å². The highest BCUT2D eigenvalue weighted by Gasteiger charge is 2.33. The Bertz CT molecular complexity index is 1260. The zero-order valence-corrected chi connectivity index (χ0v) is 21.2. The lowest BCUT2D eigenvalue weighted by molar-refractivity contribution is 0.0593. The Morgan fingerprint density at radius 2 is 2.22 bits per heavy atom. The van der Waals surface area contributed by atoms with Crippen molar-refractivity contribution in [3.63, 3.8) is 0 Å². The van der Waals surface area contributed by atoms with Crippen LogP contribution < -0.4 is 25.4 Å². The summed E-state index contributed by atoms with van der Waals surface area (Å²) in [6.07, 6.45) is 3.84. The van der Waals surface area contributed by atoms with Gasteiger partial charge in [0.05, 0.1) is 60.2 Å². The van der Waals surface area contributed by atoms with Gasteiger partial charge in [0.2, 0.25) is 0 Å². The summed E-state index contributed by atoms with van der Waals surface area (Å²) in [6, 6.07) is 7.28. The van der Waals surface area contributed by atoms with E-state index in [1.54, 1.807) is 31.6 Å². The molecule has 1 saturated heterocycles. The topological polar surface area (TPSA) is 130 Å². The number of benzene rings is 1. The number of nitrogens with zero attached hydrogens (tertiary/aromatic N) is 1. The number of anilines is 2. The molecule has 0 spiro atoms. The number of ether oxygens (including phenoxy) is 3. The number of aromatic nitrogens is 2. The Kier molecular flexibility index (Phi) is 7.80. The molecule has 5 N–H and O–H groups in total. The minimum Gasteiger partial charge on any atom is -0.493 e. The maximum Gasteiger partial charge on any atom is 0.255 e. The van der Waals surface area contributed by atoms with Gasteiger partial charge >= 0.3 is 0 Å². The van der Waals surface area contributed by atoms with Gasteiger partial charge in [-0.1, -0.05) is 17.7 Å². The van der Waals surface area contributed by atoms with Crippen LogP contribution in [0, 0.1) is 0 Å². The molecule has 1 unspecified atom stereocenters. The van der Waals surface area contributed by atoms with Crippen LogP contribution in [0.3, 0.4) is 0 Å². The number of fused-ring (bicyclic) bond motifs is 1. The second-order valence-corrected chi connectivity index (χ2v) is 9.34. The fourth-order valence-electron chi connectivity index (χ4n) is 4.77. The first kappa shape index (κ1) is 25.3. The number of methoxy groups -OCH3 is 1. The fraction of sp³-hybridized carbons (Fsp3) is 0.385. The van der Waals surface area contributed by atoms with Crippen LogP contribution in [-0.4, -0.2) is 73.7 Å². The van der Waals surface area contributed by atoms with Crippen LogP contribution in [0.15, 0.2) is 36.7 Å². The van der Waals surface area contributed by atoms with E-state index in [1.807, 2.05) is 12.1 Å². The Labute approximate surface area is 219 Å². The van der Waals surface area contributed by atoms with E-state index in [-0.39, 0.29) is 24.5 Å². The zero-order valence-electron chi connectivity index (χ0n) is 20.5. The van der Waals surface area contributed by atoms with Crippen LogP contribution in [-0.2, 0) is 4.74 Å². The predicted molar refractivity (Wildman–Crippen MR) is 140 cm³/mol. The van der Waals surface area contributed by atoms with Crippen LogP contribution in [0.25, 0.3) is 11.3 Å². The van der Waals surface area contributed by atoms with Gasteiger partial charge in [0, 0.05) is 43.1 Å². The number of halogens is 1. The lowest BCUT2D eigenvalue weighted by Crippen LogP contribution is -2.44. The first-order valence-corrected chi connectivity index (χ1v) is 12.6. The summed E-state index contributed by atoms with van der Waals surface area (Å²) in [6.45, 7) is 2.85. The van der Waals surface area contributed by atoms with Crippen molar-refractivity contribution in [3.8, 4) is 22.8 Å². The van der Waals surface area contributed by atoms with Crippen molar-refractivity contribution in [2.45, 2.75) is 18.4 Å². The van der Waals surface area contributed by atoms with Gasteiger partial charge in [-0.25, -0.2) is 0 Å². The van der Waals surface area contributed by atoms with Crippen LogP contribution >= 0.6 is 11.6 Å². The normalized spacial score (nSPS) is 19.2. The summed E-state index contributed by atoms with van der Waals surface area (Å²) in [5, 5.41) is 19.8. The quantitative estimate of drug-likeness (QED) is 0.287. The molecule has 2 aromatic heterocycles. The van der Waals surface area contributed by atoms with E-state index in [2.05, 4.69) is 25.9 Å². The number of aliphatic hydroxyl groups excluding tert-OH is 1. The number of aromatic amines is 1. The molecule has 5 rings (SSSR count). The zero-order chi connectivity index (χ0) is 25.8. The van der Waals surface area contributed by atoms with Crippen molar-refractivity contribution in [3.05, 3.63) is 52.9 Å². The number of hydrogen-bond acceptors (Lipinski definition) is 8. The van der Waals surface area contributed by atoms with Gasteiger partial charge in [-0.05, 0) is 24.6 Å². The van der Waals surface area contributed by atoms with Gasteiger partial charge in [0.25, 0.3) is 5.91 Å². The number of carbonyl (C=O) groups excluding carboxylic acids is 1. The van der Waals surface area contributed by atoms with E-state index < -0.39 is 0 Å². The molecular formula is C26H30ClN5O5. The highest BCUT2D eigenvalue weighted by Crippen LogP contribution is 2.44. The van der Waals surface area contributed by atoms with Crippen molar-refractivity contribution in [1.82, 2.24) is 20.6 Å². The molecule has 37 heavy (non-hydrogen) atoms. The minimum absolute atomic E-state index is 0.000708. The number of H-pyrrole nitrogens is 1. The minimum atomic E-state index is -0.213. The molecule has 0 radical (unpaired) electrons. The summed E-state index contributed by atoms with van der Waals surface area (Å²) in [7, 11) is 1.54. The van der Waals surface area contributed by atoms with Crippen molar-refractivity contribution in [2.75, 3.05) is 51.9 Å². The third-order valence-electron chi connectivity index (χ3n) is 6.57. The first-order chi connectivity index (χ1) is 18.1. The second-order valence-electron chi connectivity index (χ2n) is 8.94. The SMILES string of the molecule is COc1c(Cl)cccc1Nc1c(-c2ccncc2OC[C@@H]2COCCN2)[nH]c2c1C(=O)NCC2CCO. The van der Waals surface area contributed by atoms with E-state index >= 15 is 0 Å². The number of morpholine rings is 1. The van der Waals surface area contributed by atoms with E-state index in [0.29, 0.717) is 71.9 Å². The van der Waals surface area contributed by atoms with E-state index in [1.165, 1.54) is 0 Å². The smallest absolute Gasteiger partial charge is 0.255 e. The average Bonchev–Trinajstić information content (AvgIpc) is 3.30. The molecule has 2 aliphatic heterocycles. The largest absolute Gasteiger partial charge is 0.493 e. The Morgan fingerprint density at radius 3 is 3.00 bits per heavy atom. The summed E-state index contributed by atoms with van der Waals surface area (Å²) in [5.41, 5.74) is 3.80. The molecular weight excluding hydrogens is 498 g/mol. The molecule has 0 aliphatic carbocycles. The summed E-state index contributed by atoms with van der Waals surface area (Å²) in [4.78, 5) is 20.9. The Morgan fingerprint density at radius 1 is 1.32 bits per heavy atom. The number of pyridine rings is 1. The number of hydrogen-bond donors (Lipinski definition) is 5. The molecule has 196 valence electrons.